The molecule has 0 spiro atoms. The summed E-state index contributed by atoms with van der Waals surface area (Å²) in [5.41, 5.74) is 0. The average Bonchev–Trinajstić information content (AvgIpc) is 0.811. The fraction of sp³-hybridized carbons (Fsp3) is 0. The third kappa shape index (κ3) is 18.2. The molecule has 0 radical (unpaired) electrons. The summed E-state index contributed by atoms with van der Waals surface area (Å²) >= 11 is 1.73. The SMILES string of the molecule is NN(N)I. The predicted octanol–water partition coefficient (Wildman–Crippen LogP) is -0.614. The van der Waals surface area contributed by atoms with Crippen LogP contribution in [0.5, 0.6) is 0 Å². The minimum absolute atomic E-state index is 0.970. The van der Waals surface area contributed by atoms with E-state index in [1.54, 1.807) is 22.9 Å². The lowest BCUT2D eigenvalue weighted by atomic mass is 12.6. The maximum atomic E-state index is 4.71. The van der Waals surface area contributed by atoms with Gasteiger partial charge in [-0.15, -0.1) is 3.33 Å². The van der Waals surface area contributed by atoms with E-state index in [1.165, 1.54) is 0 Å². The van der Waals surface area contributed by atoms with Crippen molar-refractivity contribution in [3.8, 4) is 0 Å². The van der Waals surface area contributed by atoms with Crippen molar-refractivity contribution in [3.63, 3.8) is 0 Å². The van der Waals surface area contributed by atoms with Gasteiger partial charge in [0.05, 0.1) is 22.9 Å². The Balaban J connectivity index is 2.32. The second kappa shape index (κ2) is 1.89. The molecule has 0 aliphatic carbocycles. The number of halogens is 1. The second-order valence-corrected chi connectivity index (χ2v) is 1.46. The van der Waals surface area contributed by atoms with Gasteiger partial charge in [-0.05, 0) is 0 Å². The number of hydrogen-bond donors (Lipinski definition) is 2. The normalized spacial score (nSPS) is 9.00. The van der Waals surface area contributed by atoms with Gasteiger partial charge in [-0.3, -0.25) is 0 Å². The van der Waals surface area contributed by atoms with Crippen molar-refractivity contribution >= 4 is 22.9 Å². The molecule has 26 valence electrons. The molecular formula is H4IN3. The quantitative estimate of drug-likeness (QED) is 0.222. The summed E-state index contributed by atoms with van der Waals surface area (Å²) in [5, 5.41) is 0. The summed E-state index contributed by atoms with van der Waals surface area (Å²) < 4.78 is 0.970. The minimum atomic E-state index is 0.970. The van der Waals surface area contributed by atoms with Crippen LogP contribution >= 0.6 is 22.9 Å². The zero-order valence-electron chi connectivity index (χ0n) is 1.98. The van der Waals surface area contributed by atoms with Crippen molar-refractivity contribution in [1.82, 2.24) is 3.33 Å². The summed E-state index contributed by atoms with van der Waals surface area (Å²) in [4.78, 5) is 0. The van der Waals surface area contributed by atoms with Crippen molar-refractivity contribution < 1.29 is 0 Å². The fourth-order valence-corrected chi connectivity index (χ4v) is 0. The Morgan fingerprint density at radius 2 is 1.50 bits per heavy atom. The van der Waals surface area contributed by atoms with Gasteiger partial charge in [0.2, 0.25) is 0 Å². The highest BCUT2D eigenvalue weighted by Crippen LogP contribution is 1.68. The number of rotatable bonds is 0. The van der Waals surface area contributed by atoms with E-state index in [0.717, 1.165) is 3.33 Å². The van der Waals surface area contributed by atoms with Crippen LogP contribution < -0.4 is 11.7 Å². The Labute approximate surface area is 38.4 Å². The van der Waals surface area contributed by atoms with Crippen LogP contribution in [0, 0.1) is 0 Å². The van der Waals surface area contributed by atoms with Gasteiger partial charge in [-0.2, -0.15) is 0 Å². The van der Waals surface area contributed by atoms with E-state index < -0.39 is 0 Å². The van der Waals surface area contributed by atoms with Crippen LogP contribution in [-0.2, 0) is 0 Å². The number of nitrogens with zero attached hydrogens (tertiary/aromatic N) is 1. The molecule has 0 heterocycles. The van der Waals surface area contributed by atoms with Crippen molar-refractivity contribution in [2.24, 2.45) is 11.7 Å². The van der Waals surface area contributed by atoms with E-state index in [-0.39, 0.29) is 0 Å². The second-order valence-electron chi connectivity index (χ2n) is 0.344. The van der Waals surface area contributed by atoms with Gasteiger partial charge < -0.3 is 0 Å². The summed E-state index contributed by atoms with van der Waals surface area (Å²) in [7, 11) is 0. The van der Waals surface area contributed by atoms with Crippen molar-refractivity contribution in [2.75, 3.05) is 0 Å². The lowest BCUT2D eigenvalue weighted by molar-refractivity contribution is 0.578. The van der Waals surface area contributed by atoms with Crippen molar-refractivity contribution in [3.05, 3.63) is 0 Å². The Bertz CT molecular complexity index is 8.00. The molecule has 4 heteroatoms. The van der Waals surface area contributed by atoms with Gasteiger partial charge in [0.15, 0.2) is 0 Å². The summed E-state index contributed by atoms with van der Waals surface area (Å²) in [6.07, 6.45) is 0. The van der Waals surface area contributed by atoms with Gasteiger partial charge in [0, 0.05) is 0 Å². The van der Waals surface area contributed by atoms with Crippen LogP contribution in [0.4, 0.5) is 0 Å². The Morgan fingerprint density at radius 1 is 1.50 bits per heavy atom. The van der Waals surface area contributed by atoms with Crippen LogP contribution in [-0.4, -0.2) is 3.33 Å². The smallest absolute Gasteiger partial charge is 0.0557 e. The van der Waals surface area contributed by atoms with Gasteiger partial charge in [0.25, 0.3) is 0 Å². The van der Waals surface area contributed by atoms with E-state index in [9.17, 15) is 0 Å². The topological polar surface area (TPSA) is 55.3 Å². The first kappa shape index (κ1) is 4.61. The largest absolute Gasteiger partial charge is 0.246 e. The average molecular weight is 173 g/mol. The first-order valence-corrected chi connectivity index (χ1v) is 1.65. The maximum absolute atomic E-state index is 4.71. The van der Waals surface area contributed by atoms with Gasteiger partial charge in [0.1, 0.15) is 0 Å². The van der Waals surface area contributed by atoms with Gasteiger partial charge in [-0.1, -0.05) is 0 Å². The molecule has 0 atom stereocenters. The molecule has 0 aliphatic rings. The molecule has 0 saturated carbocycles. The predicted molar refractivity (Wildman–Crippen MR) is 24.2 cm³/mol. The van der Waals surface area contributed by atoms with Crippen LogP contribution in [0.15, 0.2) is 0 Å². The highest BCUT2D eigenvalue weighted by Gasteiger charge is 1.60. The summed E-state index contributed by atoms with van der Waals surface area (Å²) in [6.45, 7) is 0. The zero-order chi connectivity index (χ0) is 3.58. The summed E-state index contributed by atoms with van der Waals surface area (Å²) in [5.74, 6) is 9.42. The number of hydrazine groups is 2. The zero-order valence-corrected chi connectivity index (χ0v) is 4.14. The molecule has 0 rings (SSSR count). The van der Waals surface area contributed by atoms with Crippen LogP contribution in [0.3, 0.4) is 0 Å². The first-order valence-electron chi connectivity index (χ1n) is 0.685. The molecule has 0 aliphatic heterocycles. The Hall–Kier alpha value is 0.610. The Morgan fingerprint density at radius 3 is 1.50 bits per heavy atom. The molecule has 0 unspecified atom stereocenters. The van der Waals surface area contributed by atoms with Gasteiger partial charge >= 0.3 is 0 Å². The van der Waals surface area contributed by atoms with Crippen LogP contribution in [0.2, 0.25) is 0 Å². The van der Waals surface area contributed by atoms with E-state index in [0.29, 0.717) is 0 Å². The highest BCUT2D eigenvalue weighted by atomic mass is 127. The van der Waals surface area contributed by atoms with Crippen LogP contribution in [0.1, 0.15) is 0 Å². The molecule has 0 aromatic rings. The van der Waals surface area contributed by atoms with Crippen LogP contribution in [0.25, 0.3) is 0 Å². The fourth-order valence-electron chi connectivity index (χ4n) is 0. The lowest BCUT2D eigenvalue weighted by Gasteiger charge is -1.87. The molecule has 0 fully saturated rings. The number of nitrogens with two attached hydrogens (primary N) is 2. The van der Waals surface area contributed by atoms with E-state index >= 15 is 0 Å². The van der Waals surface area contributed by atoms with E-state index in [4.69, 9.17) is 11.7 Å². The maximum Gasteiger partial charge on any atom is 0.0557 e. The first-order chi connectivity index (χ1) is 1.73. The van der Waals surface area contributed by atoms with E-state index in [1.807, 2.05) is 0 Å². The molecule has 4 N–H and O–H groups in total. The molecule has 0 bridgehead atoms. The van der Waals surface area contributed by atoms with Gasteiger partial charge in [-0.25, -0.2) is 11.7 Å². The molecule has 0 aromatic carbocycles. The molecule has 4 heavy (non-hydrogen) atoms. The van der Waals surface area contributed by atoms with Crippen molar-refractivity contribution in [2.45, 2.75) is 0 Å². The van der Waals surface area contributed by atoms with Crippen molar-refractivity contribution in [1.29, 1.82) is 0 Å². The third-order valence-corrected chi connectivity index (χ3v) is 0. The monoisotopic (exact) mass is 173 g/mol. The molecule has 0 aromatic heterocycles. The molecule has 3 nitrogen and oxygen atoms in total. The minimum Gasteiger partial charge on any atom is -0.246 e. The Kier molecular flexibility index (Phi) is 2.17. The standard InChI is InChI=1S/H4IN3/c1-4(2)3/h2-3H2. The number of hydrogen-bond acceptors (Lipinski definition) is 3. The molecule has 0 saturated heterocycles. The van der Waals surface area contributed by atoms with E-state index in [2.05, 4.69) is 0 Å². The highest BCUT2D eigenvalue weighted by molar-refractivity contribution is 14.1. The third-order valence-electron chi connectivity index (χ3n) is 0. The molecular weight excluding hydrogens is 169 g/mol. The molecule has 0 amide bonds. The summed E-state index contributed by atoms with van der Waals surface area (Å²) in [6, 6.07) is 0. The lowest BCUT2D eigenvalue weighted by Crippen LogP contribution is -2.25.